The molecule has 4 aliphatic carbocycles. The van der Waals surface area contributed by atoms with Gasteiger partial charge in [-0.25, -0.2) is 0 Å². The summed E-state index contributed by atoms with van der Waals surface area (Å²) in [6.45, 7) is 0. The number of hydrogen-bond donors (Lipinski definition) is 0. The summed E-state index contributed by atoms with van der Waals surface area (Å²) < 4.78 is 0. The number of rotatable bonds is 0. The van der Waals surface area contributed by atoms with Crippen LogP contribution in [0.4, 0.5) is 0 Å². The molecule has 0 radical (unpaired) electrons. The largest absolute Gasteiger partial charge is 0.296 e. The van der Waals surface area contributed by atoms with Crippen molar-refractivity contribution >= 4 is 29.0 Å². The van der Waals surface area contributed by atoms with Crippen LogP contribution >= 0.6 is 23.2 Å². The predicted molar refractivity (Wildman–Crippen MR) is 52.2 cm³/mol. The summed E-state index contributed by atoms with van der Waals surface area (Å²) in [5, 5.41) is 0. The summed E-state index contributed by atoms with van der Waals surface area (Å²) in [5.74, 6) is 1.34. The minimum absolute atomic E-state index is 0.121. The number of alkyl halides is 2. The van der Waals surface area contributed by atoms with Crippen LogP contribution in [0.5, 0.6) is 0 Å². The van der Waals surface area contributed by atoms with Gasteiger partial charge in [-0.1, -0.05) is 0 Å². The van der Waals surface area contributed by atoms with Crippen molar-refractivity contribution in [2.24, 2.45) is 11.8 Å². The van der Waals surface area contributed by atoms with E-state index in [2.05, 4.69) is 0 Å². The molecule has 0 heterocycles. The minimum atomic E-state index is -0.578. The first-order valence-corrected chi connectivity index (χ1v) is 5.70. The van der Waals surface area contributed by atoms with Crippen molar-refractivity contribution in [3.05, 3.63) is 0 Å². The molecule has 1 nitrogen and oxygen atoms in total. The zero-order valence-corrected chi connectivity index (χ0v) is 8.87. The van der Waals surface area contributed by atoms with Crippen LogP contribution in [0.2, 0.25) is 0 Å². The van der Waals surface area contributed by atoms with E-state index in [-0.39, 0.29) is 5.78 Å². The SMILES string of the molecule is O=C1C2(Cl)CC3CC(C2)CC1(Cl)C3. The van der Waals surface area contributed by atoms with Crippen LogP contribution in [0.15, 0.2) is 0 Å². The number of hydrogen-bond acceptors (Lipinski definition) is 1. The summed E-state index contributed by atoms with van der Waals surface area (Å²) in [7, 11) is 0. The Labute approximate surface area is 87.8 Å². The predicted octanol–water partition coefficient (Wildman–Crippen LogP) is 2.73. The van der Waals surface area contributed by atoms with Crippen LogP contribution in [-0.4, -0.2) is 15.5 Å². The molecule has 0 atom stereocenters. The van der Waals surface area contributed by atoms with Crippen LogP contribution < -0.4 is 0 Å². The second kappa shape index (κ2) is 2.25. The van der Waals surface area contributed by atoms with E-state index in [0.29, 0.717) is 11.8 Å². The Morgan fingerprint density at radius 1 is 1.00 bits per heavy atom. The van der Waals surface area contributed by atoms with Gasteiger partial charge in [-0.3, -0.25) is 4.79 Å². The standard InChI is InChI=1S/C10H12Cl2O/c11-9-2-6-1-7(4-9)5-10(12,3-6)8(9)13/h6-7H,1-5H2. The maximum atomic E-state index is 12.0. The monoisotopic (exact) mass is 218 g/mol. The molecule has 0 spiro atoms. The van der Waals surface area contributed by atoms with E-state index in [1.807, 2.05) is 0 Å². The fraction of sp³-hybridized carbons (Fsp3) is 0.900. The van der Waals surface area contributed by atoms with Gasteiger partial charge in [0.05, 0.1) is 0 Å². The van der Waals surface area contributed by atoms with E-state index in [9.17, 15) is 4.79 Å². The Balaban J connectivity index is 2.08. The minimum Gasteiger partial charge on any atom is -0.296 e. The second-order valence-electron chi connectivity index (χ2n) is 5.04. The van der Waals surface area contributed by atoms with Gasteiger partial charge in [0.25, 0.3) is 0 Å². The summed E-state index contributed by atoms with van der Waals surface area (Å²) in [6.07, 6.45) is 4.74. The molecule has 0 aromatic rings. The quantitative estimate of drug-likeness (QED) is 0.572. The number of Topliss-reactive ketones (excluding diaryl/α,β-unsaturated/α-hetero) is 1. The molecule has 0 aliphatic heterocycles. The van der Waals surface area contributed by atoms with Gasteiger partial charge in [0.15, 0.2) is 5.78 Å². The first-order chi connectivity index (χ1) is 6.02. The summed E-state index contributed by atoms with van der Waals surface area (Å²) >= 11 is 12.7. The van der Waals surface area contributed by atoms with Crippen molar-refractivity contribution in [2.75, 3.05) is 0 Å². The Kier molecular flexibility index (Phi) is 1.48. The highest BCUT2D eigenvalue weighted by Gasteiger charge is 2.62. The van der Waals surface area contributed by atoms with Crippen LogP contribution in [-0.2, 0) is 4.79 Å². The first kappa shape index (κ1) is 8.55. The third kappa shape index (κ3) is 0.979. The number of ketones is 1. The van der Waals surface area contributed by atoms with Gasteiger partial charge in [-0.2, -0.15) is 0 Å². The molecule has 0 aromatic carbocycles. The highest BCUT2D eigenvalue weighted by molar-refractivity contribution is 6.46. The second-order valence-corrected chi connectivity index (χ2v) is 6.49. The zero-order valence-electron chi connectivity index (χ0n) is 7.35. The lowest BCUT2D eigenvalue weighted by Gasteiger charge is -2.56. The molecule has 4 bridgehead atoms. The van der Waals surface area contributed by atoms with E-state index < -0.39 is 9.75 Å². The Morgan fingerprint density at radius 3 is 1.77 bits per heavy atom. The molecule has 13 heavy (non-hydrogen) atoms. The molecule has 3 heteroatoms. The third-order valence-electron chi connectivity index (χ3n) is 3.93. The Hall–Kier alpha value is 0.250. The van der Waals surface area contributed by atoms with Gasteiger partial charge in [0.2, 0.25) is 0 Å². The molecule has 4 aliphatic rings. The van der Waals surface area contributed by atoms with Crippen molar-refractivity contribution in [1.29, 1.82) is 0 Å². The zero-order chi connectivity index (χ0) is 9.27. The van der Waals surface area contributed by atoms with E-state index in [0.717, 1.165) is 25.7 Å². The van der Waals surface area contributed by atoms with Crippen molar-refractivity contribution in [3.8, 4) is 0 Å². The number of carbonyl (C=O) groups is 1. The highest BCUT2D eigenvalue weighted by atomic mass is 35.5. The van der Waals surface area contributed by atoms with Crippen LogP contribution in [0.25, 0.3) is 0 Å². The molecule has 72 valence electrons. The lowest BCUT2D eigenvalue weighted by Crippen LogP contribution is -2.62. The van der Waals surface area contributed by atoms with Gasteiger partial charge in [-0.15, -0.1) is 23.2 Å². The van der Waals surface area contributed by atoms with Crippen LogP contribution in [0.3, 0.4) is 0 Å². The van der Waals surface area contributed by atoms with Crippen molar-refractivity contribution < 1.29 is 4.79 Å². The van der Waals surface area contributed by atoms with Crippen molar-refractivity contribution in [3.63, 3.8) is 0 Å². The average molecular weight is 219 g/mol. The first-order valence-electron chi connectivity index (χ1n) is 4.95. The van der Waals surface area contributed by atoms with Gasteiger partial charge in [-0.05, 0) is 43.9 Å². The molecule has 0 N–H and O–H groups in total. The fourth-order valence-corrected chi connectivity index (χ4v) is 5.00. The van der Waals surface area contributed by atoms with Crippen molar-refractivity contribution in [1.82, 2.24) is 0 Å². The maximum Gasteiger partial charge on any atom is 0.174 e. The average Bonchev–Trinajstić information content (AvgIpc) is 1.97. The fourth-order valence-electron chi connectivity index (χ4n) is 3.72. The van der Waals surface area contributed by atoms with Crippen molar-refractivity contribution in [2.45, 2.75) is 41.9 Å². The molecule has 4 rings (SSSR count). The number of halogens is 2. The molecular formula is C10H12Cl2O. The van der Waals surface area contributed by atoms with Gasteiger partial charge in [0.1, 0.15) is 9.75 Å². The lowest BCUT2D eigenvalue weighted by molar-refractivity contribution is -0.135. The van der Waals surface area contributed by atoms with Gasteiger partial charge >= 0.3 is 0 Å². The molecule has 0 unspecified atom stereocenters. The maximum absolute atomic E-state index is 12.0. The van der Waals surface area contributed by atoms with E-state index in [1.165, 1.54) is 6.42 Å². The van der Waals surface area contributed by atoms with E-state index >= 15 is 0 Å². The van der Waals surface area contributed by atoms with Crippen LogP contribution in [0, 0.1) is 11.8 Å². The molecule has 4 saturated carbocycles. The normalized spacial score (nSPS) is 58.8. The molecular weight excluding hydrogens is 207 g/mol. The van der Waals surface area contributed by atoms with Gasteiger partial charge < -0.3 is 0 Å². The molecule has 0 aromatic heterocycles. The molecule has 0 amide bonds. The highest BCUT2D eigenvalue weighted by Crippen LogP contribution is 2.60. The van der Waals surface area contributed by atoms with Crippen LogP contribution in [0.1, 0.15) is 32.1 Å². The topological polar surface area (TPSA) is 17.1 Å². The molecule has 4 fully saturated rings. The third-order valence-corrected chi connectivity index (χ3v) is 4.89. The Morgan fingerprint density at radius 2 is 1.38 bits per heavy atom. The summed E-state index contributed by atoms with van der Waals surface area (Å²) in [5.41, 5.74) is 0. The Bertz CT molecular complexity index is 249. The smallest absolute Gasteiger partial charge is 0.174 e. The summed E-state index contributed by atoms with van der Waals surface area (Å²) in [4.78, 5) is 10.8. The van der Waals surface area contributed by atoms with E-state index in [1.54, 1.807) is 0 Å². The molecule has 0 saturated heterocycles. The van der Waals surface area contributed by atoms with Gasteiger partial charge in [0, 0.05) is 0 Å². The van der Waals surface area contributed by atoms with E-state index in [4.69, 9.17) is 23.2 Å². The number of carbonyl (C=O) groups excluding carboxylic acids is 1. The lowest BCUT2D eigenvalue weighted by atomic mass is 9.55. The summed E-state index contributed by atoms with van der Waals surface area (Å²) in [6, 6.07) is 0.